The third-order valence-corrected chi connectivity index (χ3v) is 6.17. The Balaban J connectivity index is 0.000000191. The Morgan fingerprint density at radius 3 is 0.765 bits per heavy atom. The summed E-state index contributed by atoms with van der Waals surface area (Å²) in [4.78, 5) is 0. The molecule has 4 aromatic rings. The molecule has 0 aliphatic rings. The second-order valence-corrected chi connectivity index (χ2v) is 8.57. The maximum absolute atomic E-state index is 10.9. The van der Waals surface area contributed by atoms with E-state index in [4.69, 9.17) is 11.5 Å². The molecule has 0 aromatic heterocycles. The zero-order valence-corrected chi connectivity index (χ0v) is 19.8. The zero-order chi connectivity index (χ0) is 24.6. The van der Waals surface area contributed by atoms with Gasteiger partial charge in [0.15, 0.2) is 0 Å². The van der Waals surface area contributed by atoms with Gasteiger partial charge in [-0.05, 0) is 36.1 Å². The Labute approximate surface area is 202 Å². The first-order valence-corrected chi connectivity index (χ1v) is 11.5. The van der Waals surface area contributed by atoms with Crippen LogP contribution < -0.4 is 11.5 Å². The van der Waals surface area contributed by atoms with E-state index in [1.165, 1.54) is 0 Å². The minimum Gasteiger partial charge on any atom is -0.379 e. The van der Waals surface area contributed by atoms with Gasteiger partial charge in [0.25, 0.3) is 0 Å². The van der Waals surface area contributed by atoms with Crippen LogP contribution >= 0.6 is 0 Å². The van der Waals surface area contributed by atoms with E-state index in [-0.39, 0.29) is 12.1 Å². The number of hydrogen-bond acceptors (Lipinski definition) is 4. The molecule has 0 amide bonds. The van der Waals surface area contributed by atoms with Crippen LogP contribution in [0, 0.1) is 0 Å². The van der Waals surface area contributed by atoms with Crippen molar-refractivity contribution < 1.29 is 10.2 Å². The lowest BCUT2D eigenvalue weighted by Gasteiger charge is -2.33. The number of benzene rings is 4. The molecule has 4 aromatic carbocycles. The van der Waals surface area contributed by atoms with Crippen LogP contribution in [0.1, 0.15) is 36.1 Å². The van der Waals surface area contributed by atoms with Crippen molar-refractivity contribution in [2.24, 2.45) is 11.5 Å². The minimum atomic E-state index is -1.14. The van der Waals surface area contributed by atoms with Gasteiger partial charge in [0.1, 0.15) is 11.2 Å². The van der Waals surface area contributed by atoms with Crippen LogP contribution in [0.25, 0.3) is 0 Å². The molecular formula is C30H34N2O2. The second-order valence-electron chi connectivity index (χ2n) is 8.57. The number of aliphatic hydroxyl groups is 2. The van der Waals surface area contributed by atoms with Crippen LogP contribution in [0.15, 0.2) is 121 Å². The van der Waals surface area contributed by atoms with Crippen LogP contribution in [-0.4, -0.2) is 22.3 Å². The molecule has 2 atom stereocenters. The van der Waals surface area contributed by atoms with E-state index < -0.39 is 11.2 Å². The van der Waals surface area contributed by atoms with Gasteiger partial charge in [-0.2, -0.15) is 0 Å². The summed E-state index contributed by atoms with van der Waals surface area (Å²) in [6.07, 6.45) is 0. The van der Waals surface area contributed by atoms with E-state index >= 15 is 0 Å². The monoisotopic (exact) mass is 454 g/mol. The summed E-state index contributed by atoms with van der Waals surface area (Å²) in [5, 5.41) is 21.8. The van der Waals surface area contributed by atoms with Gasteiger partial charge in [-0.15, -0.1) is 0 Å². The Morgan fingerprint density at radius 2 is 0.618 bits per heavy atom. The first-order valence-electron chi connectivity index (χ1n) is 11.5. The first kappa shape index (κ1) is 25.3. The van der Waals surface area contributed by atoms with Gasteiger partial charge in [-0.3, -0.25) is 0 Å². The Hall–Kier alpha value is -3.28. The highest BCUT2D eigenvalue weighted by Crippen LogP contribution is 2.32. The van der Waals surface area contributed by atoms with Crippen molar-refractivity contribution in [1.82, 2.24) is 0 Å². The van der Waals surface area contributed by atoms with Gasteiger partial charge in [-0.25, -0.2) is 0 Å². The van der Waals surface area contributed by atoms with E-state index in [0.717, 1.165) is 22.3 Å². The topological polar surface area (TPSA) is 92.5 Å². The van der Waals surface area contributed by atoms with E-state index in [0.29, 0.717) is 0 Å². The fourth-order valence-corrected chi connectivity index (χ4v) is 4.15. The molecule has 0 fully saturated rings. The average Bonchev–Trinajstić information content (AvgIpc) is 2.90. The second kappa shape index (κ2) is 11.2. The highest BCUT2D eigenvalue weighted by atomic mass is 16.3. The molecule has 34 heavy (non-hydrogen) atoms. The van der Waals surface area contributed by atoms with Gasteiger partial charge in [-0.1, -0.05) is 121 Å². The molecule has 0 aliphatic heterocycles. The van der Waals surface area contributed by atoms with Crippen molar-refractivity contribution in [2.75, 3.05) is 0 Å². The van der Waals surface area contributed by atoms with Crippen LogP contribution in [0.5, 0.6) is 0 Å². The molecule has 0 radical (unpaired) electrons. The molecule has 0 saturated heterocycles. The molecule has 0 aliphatic carbocycles. The molecule has 4 nitrogen and oxygen atoms in total. The van der Waals surface area contributed by atoms with E-state index in [1.54, 1.807) is 0 Å². The van der Waals surface area contributed by atoms with Gasteiger partial charge in [0.2, 0.25) is 0 Å². The van der Waals surface area contributed by atoms with E-state index in [1.807, 2.05) is 135 Å². The fourth-order valence-electron chi connectivity index (χ4n) is 4.15. The Morgan fingerprint density at radius 1 is 0.441 bits per heavy atom. The summed E-state index contributed by atoms with van der Waals surface area (Å²) in [6.45, 7) is 3.64. The van der Waals surface area contributed by atoms with Crippen molar-refractivity contribution in [3.05, 3.63) is 144 Å². The molecule has 0 heterocycles. The van der Waals surface area contributed by atoms with Crippen molar-refractivity contribution in [3.63, 3.8) is 0 Å². The normalized spacial score (nSPS) is 13.4. The summed E-state index contributed by atoms with van der Waals surface area (Å²) in [5.74, 6) is 0. The molecule has 4 rings (SSSR count). The first-order chi connectivity index (χ1) is 16.3. The summed E-state index contributed by atoms with van der Waals surface area (Å²) in [6, 6.07) is 37.4. The van der Waals surface area contributed by atoms with Gasteiger partial charge in [0, 0.05) is 12.1 Å². The third kappa shape index (κ3) is 5.27. The minimum absolute atomic E-state index is 0.382. The van der Waals surface area contributed by atoms with Gasteiger partial charge < -0.3 is 21.7 Å². The van der Waals surface area contributed by atoms with Crippen molar-refractivity contribution in [1.29, 1.82) is 0 Å². The molecule has 0 unspecified atom stereocenters. The van der Waals surface area contributed by atoms with Crippen LogP contribution in [0.3, 0.4) is 0 Å². The van der Waals surface area contributed by atoms with Crippen molar-refractivity contribution in [2.45, 2.75) is 37.1 Å². The molecule has 0 bridgehead atoms. The van der Waals surface area contributed by atoms with Crippen molar-refractivity contribution >= 4 is 0 Å². The maximum Gasteiger partial charge on any atom is 0.129 e. The molecule has 0 spiro atoms. The lowest BCUT2D eigenvalue weighted by molar-refractivity contribution is 0.0577. The van der Waals surface area contributed by atoms with Crippen LogP contribution in [0.2, 0.25) is 0 Å². The van der Waals surface area contributed by atoms with E-state index in [2.05, 4.69) is 0 Å². The zero-order valence-electron chi connectivity index (χ0n) is 19.8. The summed E-state index contributed by atoms with van der Waals surface area (Å²) < 4.78 is 0. The van der Waals surface area contributed by atoms with Crippen LogP contribution in [-0.2, 0) is 11.2 Å². The smallest absolute Gasteiger partial charge is 0.129 e. The fraction of sp³-hybridized carbons (Fsp3) is 0.200. The Kier molecular flexibility index (Phi) is 8.37. The standard InChI is InChI=1S/2C15H17NO/c2*1-12(16)15(17,13-8-4-2-5-9-13)14-10-6-3-7-11-14/h2*2-12,17H,16H2,1H3/t2*12-/m10/s1. The molecule has 0 saturated carbocycles. The molecule has 4 heteroatoms. The molecule has 6 N–H and O–H groups in total. The SMILES string of the molecule is C[C@@H](N)C(O)(c1ccccc1)c1ccccc1.C[C@H](N)C(O)(c1ccccc1)c1ccccc1. The third-order valence-electron chi connectivity index (χ3n) is 6.17. The quantitative estimate of drug-likeness (QED) is 0.344. The number of rotatable bonds is 6. The molecular weight excluding hydrogens is 420 g/mol. The lowest BCUT2D eigenvalue weighted by Crippen LogP contribution is -2.44. The maximum atomic E-state index is 10.9. The number of nitrogens with two attached hydrogens (primary N) is 2. The predicted molar refractivity (Wildman–Crippen MR) is 139 cm³/mol. The predicted octanol–water partition coefficient (Wildman–Crippen LogP) is 4.54. The summed E-state index contributed by atoms with van der Waals surface area (Å²) >= 11 is 0. The highest BCUT2D eigenvalue weighted by molar-refractivity contribution is 5.38. The van der Waals surface area contributed by atoms with Crippen LogP contribution in [0.4, 0.5) is 0 Å². The summed E-state index contributed by atoms with van der Waals surface area (Å²) in [7, 11) is 0. The lowest BCUT2D eigenvalue weighted by atomic mass is 9.81. The Bertz CT molecular complexity index is 944. The van der Waals surface area contributed by atoms with E-state index in [9.17, 15) is 10.2 Å². The van der Waals surface area contributed by atoms with Gasteiger partial charge in [0.05, 0.1) is 0 Å². The number of hydrogen-bond donors (Lipinski definition) is 4. The summed E-state index contributed by atoms with van der Waals surface area (Å²) in [5.41, 5.74) is 13.0. The largest absolute Gasteiger partial charge is 0.379 e. The highest BCUT2D eigenvalue weighted by Gasteiger charge is 2.36. The average molecular weight is 455 g/mol. The van der Waals surface area contributed by atoms with Crippen molar-refractivity contribution in [3.8, 4) is 0 Å². The van der Waals surface area contributed by atoms with Gasteiger partial charge >= 0.3 is 0 Å². The molecule has 176 valence electrons.